The van der Waals surface area contributed by atoms with Gasteiger partial charge in [-0.25, -0.2) is 4.79 Å². The van der Waals surface area contributed by atoms with E-state index in [4.69, 9.17) is 25.8 Å². The van der Waals surface area contributed by atoms with Crippen LogP contribution >= 0.6 is 11.6 Å². The fraction of sp³-hybridized carbons (Fsp3) is 0.560. The van der Waals surface area contributed by atoms with Crippen LogP contribution in [0.1, 0.15) is 39.5 Å². The molecule has 9 nitrogen and oxygen atoms in total. The molecule has 35 heavy (non-hydrogen) atoms. The summed E-state index contributed by atoms with van der Waals surface area (Å²) in [6.45, 7) is 7.10. The summed E-state index contributed by atoms with van der Waals surface area (Å²) in [5.74, 6) is 1.10. The summed E-state index contributed by atoms with van der Waals surface area (Å²) < 4.78 is 18.1. The van der Waals surface area contributed by atoms with Gasteiger partial charge in [0.2, 0.25) is 0 Å². The molecule has 1 N–H and O–H groups in total. The minimum Gasteiger partial charge on any atom is -0.490 e. The summed E-state index contributed by atoms with van der Waals surface area (Å²) in [5, 5.41) is 7.65. The number of aromatic nitrogens is 2. The Hall–Kier alpha value is -2.78. The highest BCUT2D eigenvalue weighted by Crippen LogP contribution is 2.23. The number of likely N-dealkylation sites (tertiary alicyclic amines) is 1. The van der Waals surface area contributed by atoms with Crippen molar-refractivity contribution in [3.8, 4) is 11.4 Å². The number of amides is 1. The van der Waals surface area contributed by atoms with Crippen molar-refractivity contribution in [3.05, 3.63) is 45.8 Å². The number of rotatable bonds is 7. The van der Waals surface area contributed by atoms with E-state index in [2.05, 4.69) is 10.4 Å². The maximum atomic E-state index is 12.8. The molecule has 0 saturated carbocycles. The van der Waals surface area contributed by atoms with E-state index in [1.165, 1.54) is 4.68 Å². The number of ether oxygens (including phenoxy) is 3. The zero-order chi connectivity index (χ0) is 24.8. The Morgan fingerprint density at radius 3 is 2.63 bits per heavy atom. The van der Waals surface area contributed by atoms with Gasteiger partial charge in [0.05, 0.1) is 30.3 Å². The standard InChI is InChI=1S/C25H33ClN4O5/c1-17(2)34-25(32)29-11-9-21(10-12-29)35-20-7-5-19(6-8-20)30-24(31)23(26)22(15-28-30)27-14-18-4-3-13-33-16-18/h5-8,15,17-18,21,27H,3-4,9-14,16H2,1-2H3/t18-/m1/s1. The van der Waals surface area contributed by atoms with E-state index in [-0.39, 0.29) is 28.9 Å². The van der Waals surface area contributed by atoms with Crippen LogP contribution in [0.15, 0.2) is 35.3 Å². The summed E-state index contributed by atoms with van der Waals surface area (Å²) >= 11 is 6.36. The smallest absolute Gasteiger partial charge is 0.410 e. The Balaban J connectivity index is 1.32. The quantitative estimate of drug-likeness (QED) is 0.606. The van der Waals surface area contributed by atoms with Crippen molar-refractivity contribution in [2.75, 3.05) is 38.2 Å². The second-order valence-corrected chi connectivity index (χ2v) is 9.66. The van der Waals surface area contributed by atoms with Gasteiger partial charge in [0.25, 0.3) is 5.56 Å². The summed E-state index contributed by atoms with van der Waals surface area (Å²) in [6, 6.07) is 7.18. The average molecular weight is 505 g/mol. The van der Waals surface area contributed by atoms with Crippen molar-refractivity contribution >= 4 is 23.4 Å². The maximum absolute atomic E-state index is 12.8. The Kier molecular flexibility index (Phi) is 8.51. The number of benzene rings is 1. The Morgan fingerprint density at radius 2 is 1.97 bits per heavy atom. The normalized spacial score (nSPS) is 19.0. The molecule has 10 heteroatoms. The molecule has 2 fully saturated rings. The fourth-order valence-electron chi connectivity index (χ4n) is 4.25. The van der Waals surface area contributed by atoms with Gasteiger partial charge in [-0.05, 0) is 56.9 Å². The van der Waals surface area contributed by atoms with Crippen molar-refractivity contribution in [2.24, 2.45) is 5.92 Å². The number of halogens is 1. The number of hydrogen-bond acceptors (Lipinski definition) is 7. The first-order valence-corrected chi connectivity index (χ1v) is 12.6. The van der Waals surface area contributed by atoms with Gasteiger partial charge in [-0.15, -0.1) is 0 Å². The van der Waals surface area contributed by atoms with Gasteiger partial charge in [0.1, 0.15) is 16.9 Å². The van der Waals surface area contributed by atoms with Crippen molar-refractivity contribution in [1.29, 1.82) is 0 Å². The molecule has 3 heterocycles. The second kappa shape index (κ2) is 11.8. The third-order valence-corrected chi connectivity index (χ3v) is 6.54. The van der Waals surface area contributed by atoms with E-state index in [1.54, 1.807) is 23.2 Å². The molecule has 0 unspecified atom stereocenters. The van der Waals surface area contributed by atoms with Crippen molar-refractivity contribution in [1.82, 2.24) is 14.7 Å². The second-order valence-electron chi connectivity index (χ2n) is 9.28. The zero-order valence-electron chi connectivity index (χ0n) is 20.2. The molecule has 0 aliphatic carbocycles. The lowest BCUT2D eigenvalue weighted by atomic mass is 10.0. The number of carbonyl (C=O) groups is 1. The molecule has 1 amide bonds. The highest BCUT2D eigenvalue weighted by Gasteiger charge is 2.25. The number of piperidine rings is 1. The van der Waals surface area contributed by atoms with Crippen LogP contribution in [-0.4, -0.2) is 65.8 Å². The predicted octanol–water partition coefficient (Wildman–Crippen LogP) is 4.11. The molecular weight excluding hydrogens is 472 g/mol. The van der Waals surface area contributed by atoms with Crippen molar-refractivity contribution in [3.63, 3.8) is 0 Å². The third kappa shape index (κ3) is 6.67. The Labute approximate surface area is 210 Å². The highest BCUT2D eigenvalue weighted by molar-refractivity contribution is 6.32. The molecule has 0 bridgehead atoms. The van der Waals surface area contributed by atoms with Crippen LogP contribution < -0.4 is 15.6 Å². The van der Waals surface area contributed by atoms with Crippen LogP contribution in [0, 0.1) is 5.92 Å². The van der Waals surface area contributed by atoms with E-state index in [0.717, 1.165) is 32.3 Å². The fourth-order valence-corrected chi connectivity index (χ4v) is 4.45. The lowest BCUT2D eigenvalue weighted by Gasteiger charge is -2.32. The van der Waals surface area contributed by atoms with Gasteiger partial charge in [-0.3, -0.25) is 4.79 Å². The molecule has 4 rings (SSSR count). The summed E-state index contributed by atoms with van der Waals surface area (Å²) in [4.78, 5) is 26.6. The van der Waals surface area contributed by atoms with Crippen LogP contribution in [0.25, 0.3) is 5.69 Å². The number of hydrogen-bond donors (Lipinski definition) is 1. The van der Waals surface area contributed by atoms with Crippen molar-refractivity contribution < 1.29 is 19.0 Å². The summed E-state index contributed by atoms with van der Waals surface area (Å²) in [6.07, 6.45) is 4.79. The molecule has 1 aromatic heterocycles. The number of carbonyl (C=O) groups excluding carboxylic acids is 1. The largest absolute Gasteiger partial charge is 0.490 e. The molecule has 2 aliphatic heterocycles. The molecule has 0 spiro atoms. The van der Waals surface area contributed by atoms with E-state index < -0.39 is 0 Å². The first-order valence-electron chi connectivity index (χ1n) is 12.2. The Bertz CT molecular complexity index is 1040. The minimum atomic E-state index is -0.383. The zero-order valence-corrected chi connectivity index (χ0v) is 21.0. The van der Waals surface area contributed by atoms with E-state index in [1.807, 2.05) is 26.0 Å². The van der Waals surface area contributed by atoms with Crippen LogP contribution in [0.2, 0.25) is 5.02 Å². The number of anilines is 1. The molecule has 1 atom stereocenters. The Morgan fingerprint density at radius 1 is 1.23 bits per heavy atom. The van der Waals surface area contributed by atoms with E-state index in [0.29, 0.717) is 49.3 Å². The maximum Gasteiger partial charge on any atom is 0.410 e. The lowest BCUT2D eigenvalue weighted by Crippen LogP contribution is -2.42. The summed E-state index contributed by atoms with van der Waals surface area (Å²) in [5.41, 5.74) is 0.746. The number of nitrogens with one attached hydrogen (secondary N) is 1. The van der Waals surface area contributed by atoms with E-state index >= 15 is 0 Å². The van der Waals surface area contributed by atoms with Gasteiger partial charge in [0, 0.05) is 39.1 Å². The number of nitrogens with zero attached hydrogens (tertiary/aromatic N) is 3. The van der Waals surface area contributed by atoms with E-state index in [9.17, 15) is 9.59 Å². The van der Waals surface area contributed by atoms with Gasteiger partial charge in [0.15, 0.2) is 0 Å². The van der Waals surface area contributed by atoms with Crippen LogP contribution in [0.5, 0.6) is 5.75 Å². The highest BCUT2D eigenvalue weighted by atomic mass is 35.5. The van der Waals surface area contributed by atoms with Gasteiger partial charge >= 0.3 is 6.09 Å². The van der Waals surface area contributed by atoms with Crippen LogP contribution in [-0.2, 0) is 9.47 Å². The first kappa shape index (κ1) is 25.3. The van der Waals surface area contributed by atoms with Gasteiger partial charge in [-0.1, -0.05) is 11.6 Å². The first-order chi connectivity index (χ1) is 16.9. The van der Waals surface area contributed by atoms with Crippen molar-refractivity contribution in [2.45, 2.75) is 51.7 Å². The summed E-state index contributed by atoms with van der Waals surface area (Å²) in [7, 11) is 0. The van der Waals surface area contributed by atoms with Gasteiger partial charge < -0.3 is 24.4 Å². The SMILES string of the molecule is CC(C)OC(=O)N1CCC(Oc2ccc(-n3ncc(NC[C@H]4CCCOC4)c(Cl)c3=O)cc2)CC1. The third-order valence-electron chi connectivity index (χ3n) is 6.18. The van der Waals surface area contributed by atoms with Crippen LogP contribution in [0.3, 0.4) is 0 Å². The van der Waals surface area contributed by atoms with Crippen LogP contribution in [0.4, 0.5) is 10.5 Å². The molecular formula is C25H33ClN4O5. The lowest BCUT2D eigenvalue weighted by molar-refractivity contribution is 0.0517. The molecule has 1 aromatic carbocycles. The minimum absolute atomic E-state index is 0.0131. The molecule has 2 aromatic rings. The predicted molar refractivity (Wildman–Crippen MR) is 134 cm³/mol. The topological polar surface area (TPSA) is 94.9 Å². The molecule has 190 valence electrons. The average Bonchev–Trinajstić information content (AvgIpc) is 2.86. The molecule has 2 aliphatic rings. The van der Waals surface area contributed by atoms with Gasteiger partial charge in [-0.2, -0.15) is 9.78 Å². The monoisotopic (exact) mass is 504 g/mol. The molecule has 0 radical (unpaired) electrons. The molecule has 2 saturated heterocycles.